The number of nitrogens with zero attached hydrogens (tertiary/aromatic N) is 5. The van der Waals surface area contributed by atoms with Crippen molar-refractivity contribution >= 4 is 0 Å². The summed E-state index contributed by atoms with van der Waals surface area (Å²) < 4.78 is 27.7. The molecule has 8 heteroatoms. The van der Waals surface area contributed by atoms with Crippen LogP contribution in [0, 0.1) is 12.7 Å². The van der Waals surface area contributed by atoms with Crippen LogP contribution in [0.4, 0.5) is 4.39 Å². The summed E-state index contributed by atoms with van der Waals surface area (Å²) in [5.41, 5.74) is 2.96. The molecule has 4 rings (SSSR count). The van der Waals surface area contributed by atoms with Crippen molar-refractivity contribution in [2.75, 3.05) is 0 Å². The topological polar surface area (TPSA) is 78.9 Å². The zero-order valence-corrected chi connectivity index (χ0v) is 17.5. The molecule has 0 amide bonds. The van der Waals surface area contributed by atoms with E-state index < -0.39 is 0 Å². The highest BCUT2D eigenvalue weighted by atomic mass is 19.1. The van der Waals surface area contributed by atoms with Gasteiger partial charge in [0.2, 0.25) is 0 Å². The monoisotopic (exact) mass is 407 g/mol. The second kappa shape index (κ2) is 7.37. The summed E-state index contributed by atoms with van der Waals surface area (Å²) in [6.45, 7) is 7.97. The van der Waals surface area contributed by atoms with Crippen molar-refractivity contribution in [2.45, 2.75) is 33.1 Å². The Kier molecular flexibility index (Phi) is 4.85. The van der Waals surface area contributed by atoms with Gasteiger partial charge in [-0.25, -0.2) is 14.4 Å². The molecule has 7 nitrogen and oxygen atoms in total. The van der Waals surface area contributed by atoms with Gasteiger partial charge in [-0.1, -0.05) is 20.8 Å². The van der Waals surface area contributed by atoms with Crippen LogP contribution in [0.3, 0.4) is 0 Å². The molecule has 0 atom stereocenters. The standard InChI is InChI=1S/C22H22FN5O2/c1-13-8-15(23)14(17-10-20(22(2,3)4)27-28(17)5)9-18(13)30-21-25-7-6-16(26-21)19-11-24-12-29-19/h6-12H,1-5H3. The van der Waals surface area contributed by atoms with Crippen LogP contribution in [-0.2, 0) is 12.5 Å². The van der Waals surface area contributed by atoms with Gasteiger partial charge in [0.05, 0.1) is 17.6 Å². The molecule has 0 fully saturated rings. The van der Waals surface area contributed by atoms with Crippen LogP contribution in [0.5, 0.6) is 11.8 Å². The highest BCUT2D eigenvalue weighted by molar-refractivity contribution is 5.65. The van der Waals surface area contributed by atoms with E-state index in [1.807, 2.05) is 6.07 Å². The number of hydrogen-bond acceptors (Lipinski definition) is 6. The molecule has 1 aromatic carbocycles. The number of hydrogen-bond donors (Lipinski definition) is 0. The fraction of sp³-hybridized carbons (Fsp3) is 0.273. The van der Waals surface area contributed by atoms with E-state index in [1.165, 1.54) is 12.5 Å². The molecule has 3 heterocycles. The van der Waals surface area contributed by atoms with Crippen LogP contribution in [0.2, 0.25) is 0 Å². The lowest BCUT2D eigenvalue weighted by molar-refractivity contribution is 0.437. The third kappa shape index (κ3) is 3.80. The SMILES string of the molecule is Cc1cc(F)c(-c2cc(C(C)(C)C)nn2C)cc1Oc1nccc(-c2cnco2)n1. The average molecular weight is 407 g/mol. The molecule has 0 aliphatic heterocycles. The van der Waals surface area contributed by atoms with Crippen LogP contribution in [-0.4, -0.2) is 24.7 Å². The first-order valence-corrected chi connectivity index (χ1v) is 9.47. The molecule has 0 saturated carbocycles. The van der Waals surface area contributed by atoms with E-state index in [1.54, 1.807) is 43.2 Å². The molecule has 0 aliphatic carbocycles. The van der Waals surface area contributed by atoms with Gasteiger partial charge in [-0.15, -0.1) is 0 Å². The molecular weight excluding hydrogens is 385 g/mol. The molecule has 0 unspecified atom stereocenters. The molecule has 3 aromatic heterocycles. The first-order chi connectivity index (χ1) is 14.2. The first kappa shape index (κ1) is 19.8. The lowest BCUT2D eigenvalue weighted by atomic mass is 9.92. The fourth-order valence-electron chi connectivity index (χ4n) is 3.01. The van der Waals surface area contributed by atoms with Crippen LogP contribution < -0.4 is 4.74 Å². The van der Waals surface area contributed by atoms with Crippen molar-refractivity contribution in [1.82, 2.24) is 24.7 Å². The molecule has 0 aliphatic rings. The second-order valence-corrected chi connectivity index (χ2v) is 8.08. The Balaban J connectivity index is 1.71. The third-order valence-electron chi connectivity index (χ3n) is 4.71. The Morgan fingerprint density at radius 2 is 1.97 bits per heavy atom. The maximum absolute atomic E-state index is 14.8. The van der Waals surface area contributed by atoms with Gasteiger partial charge in [-0.3, -0.25) is 4.68 Å². The molecule has 0 N–H and O–H groups in total. The van der Waals surface area contributed by atoms with Crippen molar-refractivity contribution in [3.63, 3.8) is 0 Å². The summed E-state index contributed by atoms with van der Waals surface area (Å²) in [6.07, 6.45) is 4.45. The van der Waals surface area contributed by atoms with E-state index in [2.05, 4.69) is 40.8 Å². The Morgan fingerprint density at radius 3 is 2.63 bits per heavy atom. The average Bonchev–Trinajstić information content (AvgIpc) is 3.34. The van der Waals surface area contributed by atoms with Crippen LogP contribution in [0.15, 0.2) is 47.5 Å². The minimum Gasteiger partial charge on any atom is -0.442 e. The lowest BCUT2D eigenvalue weighted by Crippen LogP contribution is -2.12. The zero-order valence-electron chi connectivity index (χ0n) is 17.5. The minimum absolute atomic E-state index is 0.130. The predicted octanol–water partition coefficient (Wildman–Crippen LogP) is 5.07. The summed E-state index contributed by atoms with van der Waals surface area (Å²) in [5, 5.41) is 4.54. The van der Waals surface area contributed by atoms with E-state index >= 15 is 0 Å². The Hall–Kier alpha value is -3.55. The molecule has 0 saturated heterocycles. The third-order valence-corrected chi connectivity index (χ3v) is 4.71. The van der Waals surface area contributed by atoms with Gasteiger partial charge < -0.3 is 9.15 Å². The molecule has 30 heavy (non-hydrogen) atoms. The zero-order chi connectivity index (χ0) is 21.5. The van der Waals surface area contributed by atoms with Crippen molar-refractivity contribution in [3.05, 3.63) is 60.1 Å². The molecule has 154 valence electrons. The number of aromatic nitrogens is 5. The number of rotatable bonds is 4. The summed E-state index contributed by atoms with van der Waals surface area (Å²) in [6, 6.07) is 6.82. The number of halogens is 1. The highest BCUT2D eigenvalue weighted by Gasteiger charge is 2.22. The van der Waals surface area contributed by atoms with Gasteiger partial charge in [0.15, 0.2) is 12.2 Å². The molecule has 0 radical (unpaired) electrons. The molecule has 0 bridgehead atoms. The largest absolute Gasteiger partial charge is 0.442 e. The summed E-state index contributed by atoms with van der Waals surface area (Å²) in [5.74, 6) is 0.614. The fourth-order valence-corrected chi connectivity index (χ4v) is 3.01. The first-order valence-electron chi connectivity index (χ1n) is 9.47. The smallest absolute Gasteiger partial charge is 0.322 e. The van der Waals surface area contributed by atoms with Gasteiger partial charge in [0.1, 0.15) is 17.3 Å². The number of benzene rings is 1. The summed E-state index contributed by atoms with van der Waals surface area (Å²) in [4.78, 5) is 12.4. The quantitative estimate of drug-likeness (QED) is 0.470. The van der Waals surface area contributed by atoms with E-state index in [0.29, 0.717) is 34.0 Å². The van der Waals surface area contributed by atoms with Crippen molar-refractivity contribution in [3.8, 4) is 34.5 Å². The van der Waals surface area contributed by atoms with Gasteiger partial charge in [-0.2, -0.15) is 10.1 Å². The van der Waals surface area contributed by atoms with Crippen molar-refractivity contribution < 1.29 is 13.5 Å². The van der Waals surface area contributed by atoms with E-state index in [0.717, 1.165) is 5.69 Å². The van der Waals surface area contributed by atoms with E-state index in [4.69, 9.17) is 9.15 Å². The summed E-state index contributed by atoms with van der Waals surface area (Å²) in [7, 11) is 1.80. The molecule has 4 aromatic rings. The number of aryl methyl sites for hydroxylation is 2. The Bertz CT molecular complexity index is 1190. The maximum Gasteiger partial charge on any atom is 0.322 e. The normalized spacial score (nSPS) is 11.7. The van der Waals surface area contributed by atoms with Gasteiger partial charge in [-0.05, 0) is 36.8 Å². The Labute approximate surface area is 173 Å². The van der Waals surface area contributed by atoms with Crippen LogP contribution in [0.1, 0.15) is 32.0 Å². The molecular formula is C22H22FN5O2. The number of ether oxygens (including phenoxy) is 1. The van der Waals surface area contributed by atoms with E-state index in [9.17, 15) is 4.39 Å². The minimum atomic E-state index is -0.348. The number of oxazole rings is 1. The Morgan fingerprint density at radius 1 is 1.17 bits per heavy atom. The lowest BCUT2D eigenvalue weighted by Gasteiger charge is -2.13. The van der Waals surface area contributed by atoms with Crippen molar-refractivity contribution in [1.29, 1.82) is 0 Å². The van der Waals surface area contributed by atoms with Gasteiger partial charge in [0.25, 0.3) is 0 Å². The second-order valence-electron chi connectivity index (χ2n) is 8.08. The van der Waals surface area contributed by atoms with E-state index in [-0.39, 0.29) is 17.2 Å². The summed E-state index contributed by atoms with van der Waals surface area (Å²) >= 11 is 0. The maximum atomic E-state index is 14.8. The highest BCUT2D eigenvalue weighted by Crippen LogP contribution is 2.34. The van der Waals surface area contributed by atoms with Gasteiger partial charge >= 0.3 is 6.01 Å². The van der Waals surface area contributed by atoms with Crippen LogP contribution >= 0.6 is 0 Å². The van der Waals surface area contributed by atoms with Crippen molar-refractivity contribution in [2.24, 2.45) is 7.05 Å². The predicted molar refractivity (Wildman–Crippen MR) is 110 cm³/mol. The molecule has 0 spiro atoms. The van der Waals surface area contributed by atoms with Crippen LogP contribution in [0.25, 0.3) is 22.7 Å². The van der Waals surface area contributed by atoms with Gasteiger partial charge in [0, 0.05) is 24.2 Å².